The molecule has 0 atom stereocenters. The van der Waals surface area contributed by atoms with Crippen LogP contribution >= 0.6 is 22.9 Å². The number of hydrogen-bond acceptors (Lipinski definition) is 9. The summed E-state index contributed by atoms with van der Waals surface area (Å²) in [6.45, 7) is 2.11. The zero-order chi connectivity index (χ0) is 27.1. The Morgan fingerprint density at radius 1 is 1.08 bits per heavy atom. The normalized spacial score (nSPS) is 11.2. The molecule has 0 aliphatic heterocycles. The van der Waals surface area contributed by atoms with Crippen LogP contribution in [0.2, 0.25) is 5.02 Å². The number of aromatic nitrogens is 3. The highest BCUT2D eigenvalue weighted by molar-refractivity contribution is 7.89. The largest absolute Gasteiger partial charge is 0.495 e. The number of anilines is 2. The number of carbonyl (C=O) groups excluding carboxylic acids is 1. The van der Waals surface area contributed by atoms with Crippen molar-refractivity contribution < 1.29 is 17.9 Å². The molecule has 0 saturated carbocycles. The Morgan fingerprint density at radius 2 is 1.87 bits per heavy atom. The third-order valence-electron chi connectivity index (χ3n) is 5.21. The summed E-state index contributed by atoms with van der Waals surface area (Å²) in [6, 6.07) is 15.3. The number of nitrogens with zero attached hydrogens (tertiary/aromatic N) is 3. The van der Waals surface area contributed by atoms with E-state index in [0.29, 0.717) is 46.2 Å². The minimum atomic E-state index is -3.56. The Morgan fingerprint density at radius 3 is 2.61 bits per heavy atom. The highest BCUT2D eigenvalue weighted by atomic mass is 35.5. The van der Waals surface area contributed by atoms with Crippen molar-refractivity contribution in [2.24, 2.45) is 0 Å². The van der Waals surface area contributed by atoms with E-state index in [1.54, 1.807) is 54.7 Å². The fourth-order valence-electron chi connectivity index (χ4n) is 3.45. The molecule has 0 aliphatic rings. The fourth-order valence-corrected chi connectivity index (χ4v) is 5.74. The summed E-state index contributed by atoms with van der Waals surface area (Å²) in [5, 5.41) is 6.75. The number of halogens is 1. The molecule has 4 rings (SSSR count). The second kappa shape index (κ2) is 12.3. The van der Waals surface area contributed by atoms with Crippen molar-refractivity contribution in [1.29, 1.82) is 0 Å². The summed E-state index contributed by atoms with van der Waals surface area (Å²) in [5.41, 5.74) is 1.95. The van der Waals surface area contributed by atoms with E-state index in [4.69, 9.17) is 16.3 Å². The van der Waals surface area contributed by atoms with Crippen molar-refractivity contribution in [2.75, 3.05) is 30.8 Å². The number of rotatable bonds is 11. The van der Waals surface area contributed by atoms with Crippen LogP contribution in [0.1, 0.15) is 13.3 Å². The van der Waals surface area contributed by atoms with Gasteiger partial charge in [0, 0.05) is 31.8 Å². The van der Waals surface area contributed by atoms with Crippen LogP contribution in [0.3, 0.4) is 0 Å². The highest BCUT2D eigenvalue weighted by Gasteiger charge is 2.19. The van der Waals surface area contributed by atoms with Gasteiger partial charge in [0.1, 0.15) is 5.75 Å². The molecular formula is C25H25ClN6O4S2. The molecule has 0 fully saturated rings. The third-order valence-corrected chi connectivity index (χ3v) is 7.99. The van der Waals surface area contributed by atoms with Gasteiger partial charge in [-0.3, -0.25) is 4.79 Å². The molecule has 4 aromatic rings. The molecule has 13 heteroatoms. The van der Waals surface area contributed by atoms with Gasteiger partial charge in [0.05, 0.1) is 33.3 Å². The van der Waals surface area contributed by atoms with Crippen LogP contribution in [0.15, 0.2) is 65.7 Å². The van der Waals surface area contributed by atoms with Gasteiger partial charge in [-0.05, 0) is 36.8 Å². The average molecular weight is 573 g/mol. The molecule has 198 valence electrons. The van der Waals surface area contributed by atoms with Crippen LogP contribution in [-0.4, -0.2) is 49.5 Å². The maximum absolute atomic E-state index is 12.3. The zero-order valence-electron chi connectivity index (χ0n) is 20.6. The molecule has 0 bridgehead atoms. The van der Waals surface area contributed by atoms with Crippen molar-refractivity contribution in [1.82, 2.24) is 19.7 Å². The SMILES string of the molecule is COc1cc(-c2nc(NC(C)=O)sc2-c2ccnc(NCCCNS(=O)(=O)c3ccccc3)n2)ccc1Cl. The van der Waals surface area contributed by atoms with Gasteiger partial charge in [-0.1, -0.05) is 47.2 Å². The number of benzene rings is 2. The lowest BCUT2D eigenvalue weighted by Crippen LogP contribution is -2.26. The highest BCUT2D eigenvalue weighted by Crippen LogP contribution is 2.40. The van der Waals surface area contributed by atoms with E-state index < -0.39 is 10.0 Å². The van der Waals surface area contributed by atoms with Crippen molar-refractivity contribution in [2.45, 2.75) is 18.2 Å². The van der Waals surface area contributed by atoms with Gasteiger partial charge in [0.25, 0.3) is 0 Å². The molecule has 0 radical (unpaired) electrons. The summed E-state index contributed by atoms with van der Waals surface area (Å²) < 4.78 is 32.6. The zero-order valence-corrected chi connectivity index (χ0v) is 23.0. The summed E-state index contributed by atoms with van der Waals surface area (Å²) in [7, 11) is -2.02. The predicted octanol–water partition coefficient (Wildman–Crippen LogP) is 4.67. The molecule has 2 heterocycles. The molecule has 3 N–H and O–H groups in total. The first kappa shape index (κ1) is 27.5. The van der Waals surface area contributed by atoms with Gasteiger partial charge in [0.2, 0.25) is 21.9 Å². The van der Waals surface area contributed by atoms with E-state index in [1.165, 1.54) is 25.4 Å². The number of thiazole rings is 1. The van der Waals surface area contributed by atoms with E-state index in [0.717, 1.165) is 10.4 Å². The number of methoxy groups -OCH3 is 1. The summed E-state index contributed by atoms with van der Waals surface area (Å²) in [5.74, 6) is 0.637. The Bertz CT molecular complexity index is 1530. The van der Waals surface area contributed by atoms with E-state index >= 15 is 0 Å². The molecular weight excluding hydrogens is 548 g/mol. The fraction of sp³-hybridized carbons (Fsp3) is 0.200. The maximum Gasteiger partial charge on any atom is 0.240 e. The number of amides is 1. The second-order valence-corrected chi connectivity index (χ2v) is 11.2. The molecule has 1 amide bonds. The number of nitrogens with one attached hydrogen (secondary N) is 3. The molecule has 38 heavy (non-hydrogen) atoms. The first-order valence-electron chi connectivity index (χ1n) is 11.5. The van der Waals surface area contributed by atoms with Crippen molar-refractivity contribution >= 4 is 49.9 Å². The topological polar surface area (TPSA) is 135 Å². The van der Waals surface area contributed by atoms with Crippen molar-refractivity contribution in [3.63, 3.8) is 0 Å². The molecule has 2 aromatic carbocycles. The molecule has 10 nitrogen and oxygen atoms in total. The number of carbonyl (C=O) groups is 1. The van der Waals surface area contributed by atoms with Gasteiger partial charge in [-0.25, -0.2) is 28.1 Å². The quantitative estimate of drug-likeness (QED) is 0.221. The van der Waals surface area contributed by atoms with Gasteiger partial charge in [0.15, 0.2) is 5.13 Å². The third kappa shape index (κ3) is 6.84. The van der Waals surface area contributed by atoms with Gasteiger partial charge >= 0.3 is 0 Å². The lowest BCUT2D eigenvalue weighted by molar-refractivity contribution is -0.114. The van der Waals surface area contributed by atoms with E-state index in [-0.39, 0.29) is 17.3 Å². The summed E-state index contributed by atoms with van der Waals surface area (Å²) in [6.07, 6.45) is 2.13. The maximum atomic E-state index is 12.3. The predicted molar refractivity (Wildman–Crippen MR) is 149 cm³/mol. The standard InChI is InChI=1S/C25H25ClN6O4S2/c1-16(33)30-25-32-22(17-9-10-19(26)21(15-17)36-2)23(37-25)20-11-14-28-24(31-20)27-12-6-13-29-38(34,35)18-7-4-3-5-8-18/h3-5,7-11,14-15,29H,6,12-13H2,1-2H3,(H,27,28,31)(H,30,32,33). The minimum Gasteiger partial charge on any atom is -0.495 e. The van der Waals surface area contributed by atoms with Crippen molar-refractivity contribution in [3.05, 3.63) is 65.8 Å². The van der Waals surface area contributed by atoms with Crippen LogP contribution in [0, 0.1) is 0 Å². The van der Waals surface area contributed by atoms with E-state index in [1.807, 2.05) is 6.07 Å². The lowest BCUT2D eigenvalue weighted by atomic mass is 10.1. The number of sulfonamides is 1. The van der Waals surface area contributed by atoms with E-state index in [9.17, 15) is 13.2 Å². The first-order chi connectivity index (χ1) is 18.3. The summed E-state index contributed by atoms with van der Waals surface area (Å²) >= 11 is 7.48. The first-order valence-corrected chi connectivity index (χ1v) is 14.2. The molecule has 0 unspecified atom stereocenters. The molecule has 0 saturated heterocycles. The number of hydrogen-bond donors (Lipinski definition) is 3. The van der Waals surface area contributed by atoms with Crippen LogP contribution in [0.4, 0.5) is 11.1 Å². The van der Waals surface area contributed by atoms with Crippen LogP contribution < -0.4 is 20.1 Å². The Hall–Kier alpha value is -3.58. The van der Waals surface area contributed by atoms with Crippen molar-refractivity contribution in [3.8, 4) is 27.6 Å². The Labute approximate surface area is 229 Å². The smallest absolute Gasteiger partial charge is 0.240 e. The molecule has 2 aromatic heterocycles. The minimum absolute atomic E-state index is 0.223. The van der Waals surface area contributed by atoms with Gasteiger partial charge in [-0.2, -0.15) is 0 Å². The Balaban J connectivity index is 1.48. The van der Waals surface area contributed by atoms with Crippen LogP contribution in [0.25, 0.3) is 21.8 Å². The lowest BCUT2D eigenvalue weighted by Gasteiger charge is -2.09. The molecule has 0 aliphatic carbocycles. The monoisotopic (exact) mass is 572 g/mol. The average Bonchev–Trinajstić information content (AvgIpc) is 3.32. The van der Waals surface area contributed by atoms with Gasteiger partial charge in [-0.15, -0.1) is 0 Å². The Kier molecular flexibility index (Phi) is 8.89. The van der Waals surface area contributed by atoms with E-state index in [2.05, 4.69) is 30.3 Å². The summed E-state index contributed by atoms with van der Waals surface area (Å²) in [4.78, 5) is 26.1. The van der Waals surface area contributed by atoms with Crippen LogP contribution in [-0.2, 0) is 14.8 Å². The molecule has 0 spiro atoms. The second-order valence-electron chi connectivity index (χ2n) is 7.98. The number of ether oxygens (including phenoxy) is 1. The van der Waals surface area contributed by atoms with Gasteiger partial charge < -0.3 is 15.4 Å². The van der Waals surface area contributed by atoms with Crippen LogP contribution in [0.5, 0.6) is 5.75 Å².